The maximum Gasteiger partial charge on any atom is 0.243 e. The van der Waals surface area contributed by atoms with E-state index in [1.165, 1.54) is 0 Å². The number of halogens is 1. The smallest absolute Gasteiger partial charge is 0.243 e. The van der Waals surface area contributed by atoms with Crippen LogP contribution < -0.4 is 4.74 Å². The van der Waals surface area contributed by atoms with Crippen LogP contribution >= 0.6 is 12.4 Å². The van der Waals surface area contributed by atoms with E-state index in [4.69, 9.17) is 4.74 Å². The highest BCUT2D eigenvalue weighted by Gasteiger charge is 2.30. The third-order valence-corrected chi connectivity index (χ3v) is 3.98. The molecule has 124 valence electrons. The van der Waals surface area contributed by atoms with E-state index in [0.29, 0.717) is 12.6 Å². The highest BCUT2D eigenvalue weighted by Crippen LogP contribution is 2.27. The molecular weight excluding hydrogens is 300 g/mol. The molecule has 0 N–H and O–H groups in total. The largest absolute Gasteiger partial charge is 0.492 e. The zero-order valence-electron chi connectivity index (χ0n) is 13.9. The molecule has 1 atom stereocenters. The Morgan fingerprint density at radius 1 is 1.36 bits per heavy atom. The quantitative estimate of drug-likeness (QED) is 0.779. The van der Waals surface area contributed by atoms with Crippen LogP contribution in [0, 0.1) is 5.92 Å². The molecular formula is C17H27ClN2O2. The van der Waals surface area contributed by atoms with Crippen molar-refractivity contribution in [3.8, 4) is 5.75 Å². The van der Waals surface area contributed by atoms with Gasteiger partial charge in [0.15, 0.2) is 0 Å². The van der Waals surface area contributed by atoms with Crippen LogP contribution in [0.5, 0.6) is 5.75 Å². The number of ether oxygens (including phenoxy) is 1. The third-order valence-electron chi connectivity index (χ3n) is 3.98. The summed E-state index contributed by atoms with van der Waals surface area (Å²) < 4.78 is 5.74. The summed E-state index contributed by atoms with van der Waals surface area (Å²) >= 11 is 0. The zero-order valence-corrected chi connectivity index (χ0v) is 14.7. The van der Waals surface area contributed by atoms with Gasteiger partial charge in [0.05, 0.1) is 5.92 Å². The van der Waals surface area contributed by atoms with E-state index in [-0.39, 0.29) is 24.2 Å². The van der Waals surface area contributed by atoms with Crippen LogP contribution in [0.4, 0.5) is 0 Å². The van der Waals surface area contributed by atoms with E-state index < -0.39 is 0 Å². The van der Waals surface area contributed by atoms with Crippen LogP contribution in [0.15, 0.2) is 24.3 Å². The molecule has 0 aromatic heterocycles. The van der Waals surface area contributed by atoms with Crippen molar-refractivity contribution in [2.24, 2.45) is 5.92 Å². The molecule has 0 fully saturated rings. The molecule has 1 aliphatic heterocycles. The van der Waals surface area contributed by atoms with Gasteiger partial charge < -0.3 is 4.74 Å². The summed E-state index contributed by atoms with van der Waals surface area (Å²) in [6.45, 7) is 7.73. The normalized spacial score (nSPS) is 16.7. The van der Waals surface area contributed by atoms with Gasteiger partial charge in [0, 0.05) is 19.6 Å². The number of hydrazine groups is 1. The number of carbonyl (C=O) groups is 1. The summed E-state index contributed by atoms with van der Waals surface area (Å²) in [4.78, 5) is 12.7. The first-order valence-electron chi connectivity index (χ1n) is 7.79. The predicted molar refractivity (Wildman–Crippen MR) is 91.3 cm³/mol. The Hall–Kier alpha value is -1.26. The van der Waals surface area contributed by atoms with Gasteiger partial charge in [0.2, 0.25) is 5.91 Å². The van der Waals surface area contributed by atoms with Crippen molar-refractivity contribution >= 4 is 18.3 Å². The molecule has 2 rings (SSSR count). The first kappa shape index (κ1) is 18.8. The molecule has 1 heterocycles. The van der Waals surface area contributed by atoms with Gasteiger partial charge in [-0.1, -0.05) is 25.1 Å². The number of nitrogens with zero attached hydrogens (tertiary/aromatic N) is 2. The molecule has 0 saturated carbocycles. The highest BCUT2D eigenvalue weighted by atomic mass is 35.5. The lowest BCUT2D eigenvalue weighted by atomic mass is 9.96. The Bertz CT molecular complexity index is 493. The van der Waals surface area contributed by atoms with Crippen LogP contribution in [0.2, 0.25) is 0 Å². The third kappa shape index (κ3) is 4.14. The fourth-order valence-corrected chi connectivity index (χ4v) is 2.86. The maximum absolute atomic E-state index is 12.7. The number of hydrogen-bond acceptors (Lipinski definition) is 3. The number of hydrogen-bond donors (Lipinski definition) is 0. The molecule has 1 unspecified atom stereocenters. The van der Waals surface area contributed by atoms with Crippen molar-refractivity contribution in [1.29, 1.82) is 0 Å². The van der Waals surface area contributed by atoms with Crippen molar-refractivity contribution in [3.05, 3.63) is 29.8 Å². The molecule has 0 bridgehead atoms. The molecule has 0 aliphatic carbocycles. The summed E-state index contributed by atoms with van der Waals surface area (Å²) in [5, 5.41) is 3.92. The molecule has 5 heteroatoms. The Morgan fingerprint density at radius 2 is 2.05 bits per heavy atom. The number of amides is 1. The van der Waals surface area contributed by atoms with Gasteiger partial charge in [-0.15, -0.1) is 12.4 Å². The summed E-state index contributed by atoms with van der Waals surface area (Å²) in [6, 6.07) is 8.29. The molecule has 4 nitrogen and oxygen atoms in total. The molecule has 1 aromatic carbocycles. The maximum atomic E-state index is 12.7. The molecule has 1 aromatic rings. The van der Waals surface area contributed by atoms with Crippen molar-refractivity contribution in [2.45, 2.75) is 39.7 Å². The summed E-state index contributed by atoms with van der Waals surface area (Å²) in [6.07, 6.45) is 1.79. The number of benzene rings is 1. The number of rotatable bonds is 5. The van der Waals surface area contributed by atoms with Crippen LogP contribution in [0.3, 0.4) is 0 Å². The van der Waals surface area contributed by atoms with E-state index >= 15 is 0 Å². The van der Waals surface area contributed by atoms with E-state index in [0.717, 1.165) is 30.7 Å². The number of fused-ring (bicyclic) bond motifs is 1. The lowest BCUT2D eigenvalue weighted by molar-refractivity contribution is -0.155. The molecule has 0 saturated heterocycles. The molecule has 0 radical (unpaired) electrons. The first-order chi connectivity index (χ1) is 10.0. The summed E-state index contributed by atoms with van der Waals surface area (Å²) in [5.41, 5.74) is 1.13. The number of para-hydroxylation sites is 1. The average molecular weight is 327 g/mol. The van der Waals surface area contributed by atoms with E-state index in [1.54, 1.807) is 5.01 Å². The van der Waals surface area contributed by atoms with E-state index in [1.807, 2.05) is 31.3 Å². The minimum Gasteiger partial charge on any atom is -0.492 e. The standard InChI is InChI=1S/C17H26N2O2.ClH/c1-5-10-19(13(2)3)18(4)17(20)15-11-14-8-6-7-9-16(14)21-12-15;/h6-9,13,15H,5,10-12H2,1-4H3;1H. The Balaban J connectivity index is 0.00000242. The first-order valence-corrected chi connectivity index (χ1v) is 7.79. The van der Waals surface area contributed by atoms with Crippen LogP contribution in [0.1, 0.15) is 32.8 Å². The molecule has 22 heavy (non-hydrogen) atoms. The summed E-state index contributed by atoms with van der Waals surface area (Å²) in [7, 11) is 1.87. The summed E-state index contributed by atoms with van der Waals surface area (Å²) in [5.74, 6) is 0.966. The van der Waals surface area contributed by atoms with Crippen LogP contribution in [0.25, 0.3) is 0 Å². The van der Waals surface area contributed by atoms with Crippen LogP contribution in [-0.2, 0) is 11.2 Å². The second-order valence-corrected chi connectivity index (χ2v) is 5.94. The monoisotopic (exact) mass is 326 g/mol. The van der Waals surface area contributed by atoms with Gasteiger partial charge in [-0.25, -0.2) is 5.01 Å². The van der Waals surface area contributed by atoms with Crippen molar-refractivity contribution in [2.75, 3.05) is 20.2 Å². The number of carbonyl (C=O) groups excluding carboxylic acids is 1. The minimum atomic E-state index is -0.0944. The van der Waals surface area contributed by atoms with Gasteiger partial charge in [0.1, 0.15) is 12.4 Å². The Labute approximate surface area is 139 Å². The fourth-order valence-electron chi connectivity index (χ4n) is 2.86. The van der Waals surface area contributed by atoms with Gasteiger partial charge >= 0.3 is 0 Å². The Morgan fingerprint density at radius 3 is 2.68 bits per heavy atom. The van der Waals surface area contributed by atoms with Crippen molar-refractivity contribution < 1.29 is 9.53 Å². The van der Waals surface area contributed by atoms with Crippen molar-refractivity contribution in [3.63, 3.8) is 0 Å². The molecule has 1 amide bonds. The second-order valence-electron chi connectivity index (χ2n) is 5.94. The SMILES string of the molecule is CCCN(C(C)C)N(C)C(=O)C1COc2ccccc2C1.Cl. The van der Waals surface area contributed by atoms with E-state index in [9.17, 15) is 4.79 Å². The predicted octanol–water partition coefficient (Wildman–Crippen LogP) is 3.15. The molecule has 0 spiro atoms. The zero-order chi connectivity index (χ0) is 15.4. The van der Waals surface area contributed by atoms with Gasteiger partial charge in [0.25, 0.3) is 0 Å². The molecule has 1 aliphatic rings. The Kier molecular flexibility index (Phi) is 7.17. The topological polar surface area (TPSA) is 32.8 Å². The second kappa shape index (κ2) is 8.39. The van der Waals surface area contributed by atoms with Gasteiger partial charge in [-0.2, -0.15) is 0 Å². The van der Waals surface area contributed by atoms with Gasteiger partial charge in [-0.05, 0) is 38.3 Å². The van der Waals surface area contributed by atoms with Crippen LogP contribution in [-0.4, -0.2) is 42.2 Å². The van der Waals surface area contributed by atoms with Gasteiger partial charge in [-0.3, -0.25) is 9.80 Å². The minimum absolute atomic E-state index is 0. The lowest BCUT2D eigenvalue weighted by Crippen LogP contribution is -2.51. The van der Waals surface area contributed by atoms with Crippen molar-refractivity contribution in [1.82, 2.24) is 10.0 Å². The average Bonchev–Trinajstić information content (AvgIpc) is 2.50. The lowest BCUT2D eigenvalue weighted by Gasteiger charge is -2.37. The fraction of sp³-hybridized carbons (Fsp3) is 0.588. The highest BCUT2D eigenvalue weighted by molar-refractivity contribution is 5.85. The van der Waals surface area contributed by atoms with E-state index in [2.05, 4.69) is 25.8 Å².